The van der Waals surface area contributed by atoms with Gasteiger partial charge in [0.25, 0.3) is 0 Å². The van der Waals surface area contributed by atoms with Gasteiger partial charge in [0.1, 0.15) is 11.2 Å². The predicted octanol–water partition coefficient (Wildman–Crippen LogP) is 5.35. The van der Waals surface area contributed by atoms with Crippen LogP contribution in [-0.4, -0.2) is 77.7 Å². The van der Waals surface area contributed by atoms with Gasteiger partial charge in [-0.15, -0.1) is 0 Å². The molecule has 3 heterocycles. The zero-order valence-electron chi connectivity index (χ0n) is 23.7. The van der Waals surface area contributed by atoms with Crippen LogP contribution < -0.4 is 0 Å². The van der Waals surface area contributed by atoms with Crippen LogP contribution >= 0.6 is 0 Å². The molecule has 1 atom stereocenters. The van der Waals surface area contributed by atoms with Crippen LogP contribution in [0.5, 0.6) is 0 Å². The Morgan fingerprint density at radius 3 is 1.74 bits per heavy atom. The van der Waals surface area contributed by atoms with Gasteiger partial charge in [0.05, 0.1) is 11.2 Å². The molecule has 3 rings (SSSR count). The molecule has 0 aromatic carbocycles. The fraction of sp³-hybridized carbons (Fsp3) is 0.923. The van der Waals surface area contributed by atoms with E-state index < -0.39 is 22.4 Å². The van der Waals surface area contributed by atoms with Crippen LogP contribution in [0.25, 0.3) is 0 Å². The molecule has 0 radical (unpaired) electrons. The molecule has 0 aromatic heterocycles. The van der Waals surface area contributed by atoms with Gasteiger partial charge < -0.3 is 28.6 Å². The molecule has 0 aromatic rings. The summed E-state index contributed by atoms with van der Waals surface area (Å²) in [4.78, 5) is 29.2. The maximum atomic E-state index is 12.9. The molecule has 2 amide bonds. The molecule has 0 saturated carbocycles. The lowest BCUT2D eigenvalue weighted by Crippen LogP contribution is -2.47. The van der Waals surface area contributed by atoms with Gasteiger partial charge >= 0.3 is 19.3 Å². The fourth-order valence-corrected chi connectivity index (χ4v) is 5.43. The standard InChI is InChI=1S/C26H47BN2O6/c1-22(2,3)32-20(30)28-14-11-19(12-15-28)26(17-27-34-24(7,8)25(9,10)35-27)13-16-29(18-26)21(31)33-23(4,5)6/h19H,11-18H2,1-10H3. The molecule has 1 unspecified atom stereocenters. The van der Waals surface area contributed by atoms with Crippen LogP contribution in [0.4, 0.5) is 9.59 Å². The number of carbonyl (C=O) groups is 2. The van der Waals surface area contributed by atoms with E-state index in [1.807, 2.05) is 51.3 Å². The molecule has 9 heteroatoms. The molecular weight excluding hydrogens is 447 g/mol. The van der Waals surface area contributed by atoms with E-state index in [1.54, 1.807) is 0 Å². The van der Waals surface area contributed by atoms with E-state index in [-0.39, 0.29) is 24.7 Å². The average Bonchev–Trinajstić information content (AvgIpc) is 3.18. The van der Waals surface area contributed by atoms with Gasteiger partial charge in [-0.2, -0.15) is 0 Å². The third-order valence-electron chi connectivity index (χ3n) is 7.92. The molecule has 0 N–H and O–H groups in total. The Labute approximate surface area is 212 Å². The molecule has 3 fully saturated rings. The summed E-state index contributed by atoms with van der Waals surface area (Å²) in [6.07, 6.45) is 2.79. The molecule has 3 aliphatic heterocycles. The van der Waals surface area contributed by atoms with Gasteiger partial charge in [-0.25, -0.2) is 9.59 Å². The smallest absolute Gasteiger partial charge is 0.444 e. The zero-order chi connectivity index (χ0) is 26.4. The zero-order valence-corrected chi connectivity index (χ0v) is 23.7. The lowest BCUT2D eigenvalue weighted by atomic mass is 9.59. The van der Waals surface area contributed by atoms with Crippen molar-refractivity contribution in [2.24, 2.45) is 11.3 Å². The van der Waals surface area contributed by atoms with Crippen molar-refractivity contribution in [3.05, 3.63) is 0 Å². The second-order valence-electron chi connectivity index (χ2n) is 13.6. The van der Waals surface area contributed by atoms with Gasteiger partial charge in [-0.3, -0.25) is 0 Å². The van der Waals surface area contributed by atoms with Crippen LogP contribution in [0, 0.1) is 11.3 Å². The number of rotatable bonds is 3. The topological polar surface area (TPSA) is 77.5 Å². The van der Waals surface area contributed by atoms with Crippen molar-refractivity contribution < 1.29 is 28.4 Å². The van der Waals surface area contributed by atoms with Crippen molar-refractivity contribution in [1.82, 2.24) is 9.80 Å². The van der Waals surface area contributed by atoms with Crippen LogP contribution in [0.3, 0.4) is 0 Å². The number of piperidine rings is 1. The quantitative estimate of drug-likeness (QED) is 0.492. The first-order valence-electron chi connectivity index (χ1n) is 13.1. The van der Waals surface area contributed by atoms with Crippen LogP contribution in [0.15, 0.2) is 0 Å². The summed E-state index contributed by atoms with van der Waals surface area (Å²) >= 11 is 0. The summed E-state index contributed by atoms with van der Waals surface area (Å²) in [7, 11) is -0.331. The maximum Gasteiger partial charge on any atom is 0.458 e. The molecule has 0 aliphatic carbocycles. The molecular formula is C26H47BN2O6. The third kappa shape index (κ3) is 6.65. The highest BCUT2D eigenvalue weighted by atomic mass is 16.7. The van der Waals surface area contributed by atoms with Crippen molar-refractivity contribution >= 4 is 19.3 Å². The number of ether oxygens (including phenoxy) is 2. The van der Waals surface area contributed by atoms with E-state index in [4.69, 9.17) is 18.8 Å². The Morgan fingerprint density at radius 2 is 1.29 bits per heavy atom. The minimum atomic E-state index is -0.535. The SMILES string of the molecule is CC(C)(C)OC(=O)N1CCC(C2(CB3OC(C)(C)C(C)(C)O3)CCN(C(=O)OC(C)(C)C)C2)CC1. The average molecular weight is 494 g/mol. The first kappa shape index (κ1) is 28.1. The number of hydrogen-bond acceptors (Lipinski definition) is 6. The number of carbonyl (C=O) groups excluding carboxylic acids is 2. The molecule has 35 heavy (non-hydrogen) atoms. The van der Waals surface area contributed by atoms with E-state index in [1.165, 1.54) is 0 Å². The van der Waals surface area contributed by atoms with Crippen molar-refractivity contribution in [2.75, 3.05) is 26.2 Å². The summed E-state index contributed by atoms with van der Waals surface area (Å²) in [5.41, 5.74) is -2.00. The van der Waals surface area contributed by atoms with Crippen LogP contribution in [0.2, 0.25) is 6.32 Å². The number of amides is 2. The summed E-state index contributed by atoms with van der Waals surface area (Å²) in [6, 6.07) is 0. The Bertz CT molecular complexity index is 779. The van der Waals surface area contributed by atoms with E-state index in [0.717, 1.165) is 25.6 Å². The maximum absolute atomic E-state index is 12.9. The van der Waals surface area contributed by atoms with E-state index in [0.29, 0.717) is 32.1 Å². The highest BCUT2D eigenvalue weighted by molar-refractivity contribution is 6.45. The summed E-state index contributed by atoms with van der Waals surface area (Å²) < 4.78 is 24.1. The monoisotopic (exact) mass is 494 g/mol. The molecule has 0 spiro atoms. The van der Waals surface area contributed by atoms with Gasteiger partial charge in [-0.1, -0.05) is 0 Å². The minimum absolute atomic E-state index is 0.155. The molecule has 200 valence electrons. The molecule has 3 aliphatic rings. The van der Waals surface area contributed by atoms with E-state index in [9.17, 15) is 9.59 Å². The predicted molar refractivity (Wildman–Crippen MR) is 136 cm³/mol. The molecule has 8 nitrogen and oxygen atoms in total. The second-order valence-corrected chi connectivity index (χ2v) is 13.6. The van der Waals surface area contributed by atoms with Gasteiger partial charge in [0.2, 0.25) is 0 Å². The first-order chi connectivity index (χ1) is 15.8. The van der Waals surface area contributed by atoms with Crippen LogP contribution in [0.1, 0.15) is 88.5 Å². The molecule has 3 saturated heterocycles. The van der Waals surface area contributed by atoms with Gasteiger partial charge in [0, 0.05) is 26.2 Å². The van der Waals surface area contributed by atoms with Crippen LogP contribution in [-0.2, 0) is 18.8 Å². The van der Waals surface area contributed by atoms with Crippen molar-refractivity contribution in [1.29, 1.82) is 0 Å². The molecule has 0 bridgehead atoms. The summed E-state index contributed by atoms with van der Waals surface area (Å²) in [5.74, 6) is 0.340. The highest BCUT2D eigenvalue weighted by Crippen LogP contribution is 2.50. The van der Waals surface area contributed by atoms with E-state index >= 15 is 0 Å². The lowest BCUT2D eigenvalue weighted by Gasteiger charge is -2.43. The number of hydrogen-bond donors (Lipinski definition) is 0. The Balaban J connectivity index is 1.75. The lowest BCUT2D eigenvalue weighted by molar-refractivity contribution is 0.00578. The van der Waals surface area contributed by atoms with Crippen molar-refractivity contribution in [2.45, 2.75) is 117 Å². The second kappa shape index (κ2) is 9.44. The highest BCUT2D eigenvalue weighted by Gasteiger charge is 2.56. The van der Waals surface area contributed by atoms with Gasteiger partial charge in [0.15, 0.2) is 0 Å². The number of likely N-dealkylation sites (tertiary alicyclic amines) is 2. The third-order valence-corrected chi connectivity index (χ3v) is 7.92. The largest absolute Gasteiger partial charge is 0.458 e. The Morgan fingerprint density at radius 1 is 0.829 bits per heavy atom. The van der Waals surface area contributed by atoms with Crippen molar-refractivity contribution in [3.63, 3.8) is 0 Å². The normalized spacial score (nSPS) is 27.3. The van der Waals surface area contributed by atoms with Crippen molar-refractivity contribution in [3.8, 4) is 0 Å². The Kier molecular flexibility index (Phi) is 7.58. The first-order valence-corrected chi connectivity index (χ1v) is 13.1. The van der Waals surface area contributed by atoms with E-state index in [2.05, 4.69) is 27.7 Å². The minimum Gasteiger partial charge on any atom is -0.444 e. The fourth-order valence-electron chi connectivity index (χ4n) is 5.43. The van der Waals surface area contributed by atoms with Gasteiger partial charge in [-0.05, 0) is 106 Å². The summed E-state index contributed by atoms with van der Waals surface area (Å²) in [6.45, 7) is 22.2. The Hall–Kier alpha value is -1.48. The number of nitrogens with zero attached hydrogens (tertiary/aromatic N) is 2. The summed E-state index contributed by atoms with van der Waals surface area (Å²) in [5, 5.41) is 0.